The van der Waals surface area contributed by atoms with Gasteiger partial charge in [0.05, 0.1) is 12.1 Å². The molecule has 2 atom stereocenters. The third-order valence-electron chi connectivity index (χ3n) is 4.25. The fourth-order valence-corrected chi connectivity index (χ4v) is 2.83. The van der Waals surface area contributed by atoms with Gasteiger partial charge in [0.1, 0.15) is 6.04 Å². The Morgan fingerprint density at radius 1 is 1.30 bits per heavy atom. The highest BCUT2D eigenvalue weighted by Gasteiger charge is 2.50. The first-order valence-electron chi connectivity index (χ1n) is 7.17. The van der Waals surface area contributed by atoms with Crippen LogP contribution in [0.25, 0.3) is 0 Å². The van der Waals surface area contributed by atoms with Crippen molar-refractivity contribution in [1.82, 2.24) is 15.5 Å². The second-order valence-electron chi connectivity index (χ2n) is 6.06. The first-order valence-corrected chi connectivity index (χ1v) is 7.17. The number of likely N-dealkylation sites (tertiary alicyclic amines) is 1. The summed E-state index contributed by atoms with van der Waals surface area (Å²) in [6.45, 7) is 4.37. The highest BCUT2D eigenvalue weighted by molar-refractivity contribution is 5.96. The van der Waals surface area contributed by atoms with Crippen molar-refractivity contribution in [2.24, 2.45) is 5.92 Å². The van der Waals surface area contributed by atoms with E-state index >= 15 is 0 Å². The number of hydrogen-bond donors (Lipinski definition) is 2. The van der Waals surface area contributed by atoms with Crippen LogP contribution < -0.4 is 10.6 Å². The molecule has 1 aliphatic carbocycles. The summed E-state index contributed by atoms with van der Waals surface area (Å²) in [6.07, 6.45) is 2.08. The monoisotopic (exact) mass is 281 g/mol. The van der Waals surface area contributed by atoms with Crippen molar-refractivity contribution >= 4 is 17.6 Å². The summed E-state index contributed by atoms with van der Waals surface area (Å²) >= 11 is 0. The Bertz CT molecular complexity index is 431. The number of nitrogens with zero attached hydrogens (tertiary/aromatic N) is 1. The SMILES string of the molecule is CNCC(=O)N1CC(C)C[C@H]1C(=O)NC1(C(C)=O)CC1. The molecule has 2 aliphatic rings. The average molecular weight is 281 g/mol. The van der Waals surface area contributed by atoms with Crippen LogP contribution in [0.2, 0.25) is 0 Å². The summed E-state index contributed by atoms with van der Waals surface area (Å²) in [5.41, 5.74) is -0.652. The number of rotatable bonds is 5. The standard InChI is InChI=1S/C14H23N3O3/c1-9-6-11(17(8-9)12(19)7-15-3)13(20)16-14(4-5-14)10(2)18/h9,11,15H,4-8H2,1-3H3,(H,16,20)/t9?,11-/m0/s1. The molecule has 6 heteroatoms. The predicted octanol–water partition coefficient (Wildman–Crippen LogP) is -0.319. The number of nitrogens with one attached hydrogen (secondary N) is 2. The summed E-state index contributed by atoms with van der Waals surface area (Å²) < 4.78 is 0. The Morgan fingerprint density at radius 2 is 1.95 bits per heavy atom. The predicted molar refractivity (Wildman–Crippen MR) is 74.0 cm³/mol. The molecule has 1 saturated heterocycles. The Kier molecular flexibility index (Phi) is 4.13. The molecule has 2 rings (SSSR count). The van der Waals surface area contributed by atoms with Gasteiger partial charge < -0.3 is 15.5 Å². The minimum Gasteiger partial charge on any atom is -0.342 e. The first kappa shape index (κ1) is 15.0. The molecule has 0 aromatic heterocycles. The number of ketones is 1. The Balaban J connectivity index is 2.03. The van der Waals surface area contributed by atoms with E-state index in [1.807, 2.05) is 6.92 Å². The number of Topliss-reactive ketones (excluding diaryl/α,β-unsaturated/α-hetero) is 1. The van der Waals surface area contributed by atoms with Crippen LogP contribution in [0, 0.1) is 5.92 Å². The number of hydrogen-bond acceptors (Lipinski definition) is 4. The lowest BCUT2D eigenvalue weighted by molar-refractivity contribution is -0.138. The molecule has 1 aliphatic heterocycles. The molecule has 0 spiro atoms. The second-order valence-corrected chi connectivity index (χ2v) is 6.06. The van der Waals surface area contributed by atoms with Crippen LogP contribution in [0.3, 0.4) is 0 Å². The molecular formula is C14H23N3O3. The van der Waals surface area contributed by atoms with Crippen LogP contribution in [0.1, 0.15) is 33.1 Å². The first-order chi connectivity index (χ1) is 9.39. The largest absolute Gasteiger partial charge is 0.342 e. The molecule has 1 unspecified atom stereocenters. The van der Waals surface area contributed by atoms with Crippen LogP contribution in [0.4, 0.5) is 0 Å². The summed E-state index contributed by atoms with van der Waals surface area (Å²) in [7, 11) is 1.71. The van der Waals surface area contributed by atoms with Gasteiger partial charge in [0.2, 0.25) is 11.8 Å². The molecule has 1 heterocycles. The van der Waals surface area contributed by atoms with Gasteiger partial charge in [-0.15, -0.1) is 0 Å². The van der Waals surface area contributed by atoms with Gasteiger partial charge in [-0.3, -0.25) is 14.4 Å². The molecule has 0 aromatic rings. The van der Waals surface area contributed by atoms with Gasteiger partial charge in [-0.05, 0) is 39.2 Å². The van der Waals surface area contributed by atoms with Crippen LogP contribution in [-0.4, -0.2) is 54.2 Å². The maximum absolute atomic E-state index is 12.4. The molecule has 0 aromatic carbocycles. The Hall–Kier alpha value is -1.43. The molecule has 0 bridgehead atoms. The third-order valence-corrected chi connectivity index (χ3v) is 4.25. The Morgan fingerprint density at radius 3 is 2.45 bits per heavy atom. The minimum absolute atomic E-state index is 0.00463. The summed E-state index contributed by atoms with van der Waals surface area (Å²) in [5.74, 6) is 0.0557. The van der Waals surface area contributed by atoms with Crippen molar-refractivity contribution in [3.8, 4) is 0 Å². The molecule has 20 heavy (non-hydrogen) atoms. The lowest BCUT2D eigenvalue weighted by Crippen LogP contribution is -2.52. The molecule has 2 fully saturated rings. The number of carbonyl (C=O) groups is 3. The highest BCUT2D eigenvalue weighted by Crippen LogP contribution is 2.37. The van der Waals surface area contributed by atoms with Gasteiger partial charge in [0.15, 0.2) is 5.78 Å². The molecule has 6 nitrogen and oxygen atoms in total. The maximum Gasteiger partial charge on any atom is 0.243 e. The quantitative estimate of drug-likeness (QED) is 0.724. The van der Waals surface area contributed by atoms with E-state index in [1.165, 1.54) is 6.92 Å². The van der Waals surface area contributed by atoms with E-state index in [-0.39, 0.29) is 24.1 Å². The minimum atomic E-state index is -0.652. The zero-order valence-corrected chi connectivity index (χ0v) is 12.4. The molecule has 2 N–H and O–H groups in total. The normalized spacial score (nSPS) is 27.2. The summed E-state index contributed by atoms with van der Waals surface area (Å²) in [4.78, 5) is 37.6. The van der Waals surface area contributed by atoms with E-state index in [0.29, 0.717) is 31.7 Å². The highest BCUT2D eigenvalue weighted by atomic mass is 16.2. The smallest absolute Gasteiger partial charge is 0.243 e. The van der Waals surface area contributed by atoms with Crippen molar-refractivity contribution in [2.45, 2.75) is 44.7 Å². The van der Waals surface area contributed by atoms with E-state index in [9.17, 15) is 14.4 Å². The van der Waals surface area contributed by atoms with E-state index in [0.717, 1.165) is 0 Å². The van der Waals surface area contributed by atoms with Gasteiger partial charge >= 0.3 is 0 Å². The number of amides is 2. The van der Waals surface area contributed by atoms with Gasteiger partial charge in [0, 0.05) is 6.54 Å². The number of likely N-dealkylation sites (N-methyl/N-ethyl adjacent to an activating group) is 1. The van der Waals surface area contributed by atoms with Gasteiger partial charge in [-0.25, -0.2) is 0 Å². The maximum atomic E-state index is 12.4. The zero-order valence-electron chi connectivity index (χ0n) is 12.4. The number of carbonyl (C=O) groups excluding carboxylic acids is 3. The van der Waals surface area contributed by atoms with Crippen LogP contribution in [0.15, 0.2) is 0 Å². The average Bonchev–Trinajstić information content (AvgIpc) is 3.04. The van der Waals surface area contributed by atoms with E-state index < -0.39 is 11.6 Å². The van der Waals surface area contributed by atoms with Crippen molar-refractivity contribution < 1.29 is 14.4 Å². The van der Waals surface area contributed by atoms with Crippen molar-refractivity contribution in [1.29, 1.82) is 0 Å². The lowest BCUT2D eigenvalue weighted by atomic mass is 10.1. The lowest BCUT2D eigenvalue weighted by Gasteiger charge is -2.25. The van der Waals surface area contributed by atoms with Gasteiger partial charge in [-0.1, -0.05) is 6.92 Å². The molecule has 0 radical (unpaired) electrons. The van der Waals surface area contributed by atoms with E-state index in [2.05, 4.69) is 10.6 Å². The molecule has 112 valence electrons. The topological polar surface area (TPSA) is 78.5 Å². The zero-order chi connectivity index (χ0) is 14.9. The van der Waals surface area contributed by atoms with Crippen molar-refractivity contribution in [3.05, 3.63) is 0 Å². The van der Waals surface area contributed by atoms with E-state index in [4.69, 9.17) is 0 Å². The summed E-state index contributed by atoms with van der Waals surface area (Å²) in [5, 5.41) is 5.67. The van der Waals surface area contributed by atoms with Crippen molar-refractivity contribution in [2.75, 3.05) is 20.1 Å². The van der Waals surface area contributed by atoms with Crippen LogP contribution in [-0.2, 0) is 14.4 Å². The fourth-order valence-electron chi connectivity index (χ4n) is 2.83. The molecule has 2 amide bonds. The fraction of sp³-hybridized carbons (Fsp3) is 0.786. The van der Waals surface area contributed by atoms with E-state index in [1.54, 1.807) is 11.9 Å². The summed E-state index contributed by atoms with van der Waals surface area (Å²) in [6, 6.07) is -0.442. The van der Waals surface area contributed by atoms with Crippen LogP contribution >= 0.6 is 0 Å². The molecular weight excluding hydrogens is 258 g/mol. The second kappa shape index (κ2) is 5.52. The molecule has 1 saturated carbocycles. The van der Waals surface area contributed by atoms with Crippen LogP contribution in [0.5, 0.6) is 0 Å². The third kappa shape index (κ3) is 2.85. The van der Waals surface area contributed by atoms with Crippen molar-refractivity contribution in [3.63, 3.8) is 0 Å². The van der Waals surface area contributed by atoms with Gasteiger partial charge in [0.25, 0.3) is 0 Å². The Labute approximate surface area is 119 Å². The van der Waals surface area contributed by atoms with Gasteiger partial charge in [-0.2, -0.15) is 0 Å².